The summed E-state index contributed by atoms with van der Waals surface area (Å²) >= 11 is 6.26. The topological polar surface area (TPSA) is 61.9 Å². The van der Waals surface area contributed by atoms with Gasteiger partial charge in [0.05, 0.1) is 24.0 Å². The number of piperazine rings is 1. The van der Waals surface area contributed by atoms with E-state index in [0.717, 1.165) is 16.5 Å². The smallest absolute Gasteiger partial charge is 0.259 e. The van der Waals surface area contributed by atoms with Crippen molar-refractivity contribution in [2.45, 2.75) is 13.3 Å². The summed E-state index contributed by atoms with van der Waals surface area (Å²) in [6, 6.07) is 17.0. The third kappa shape index (κ3) is 4.50. The highest BCUT2D eigenvalue weighted by Gasteiger charge is 2.23. The van der Waals surface area contributed by atoms with Crippen LogP contribution in [0, 0.1) is 0 Å². The van der Waals surface area contributed by atoms with Crippen LogP contribution in [-0.4, -0.2) is 50.0 Å². The van der Waals surface area contributed by atoms with Crippen LogP contribution in [0.4, 0.5) is 11.4 Å². The summed E-state index contributed by atoms with van der Waals surface area (Å²) in [6.07, 6.45) is 0.510. The monoisotopic (exact) mass is 451 g/mol. The number of methoxy groups -OCH3 is 1. The van der Waals surface area contributed by atoms with E-state index in [1.165, 1.54) is 0 Å². The van der Waals surface area contributed by atoms with E-state index in [0.29, 0.717) is 54.6 Å². The van der Waals surface area contributed by atoms with E-state index in [1.54, 1.807) is 13.2 Å². The molecule has 1 aliphatic heterocycles. The Morgan fingerprint density at radius 1 is 1.00 bits per heavy atom. The molecule has 3 aromatic carbocycles. The van der Waals surface area contributed by atoms with Crippen molar-refractivity contribution in [2.75, 3.05) is 43.5 Å². The fourth-order valence-corrected chi connectivity index (χ4v) is 4.23. The van der Waals surface area contributed by atoms with Gasteiger partial charge in [0, 0.05) is 37.6 Å². The van der Waals surface area contributed by atoms with Gasteiger partial charge < -0.3 is 19.9 Å². The maximum absolute atomic E-state index is 13.3. The van der Waals surface area contributed by atoms with Crippen molar-refractivity contribution in [3.63, 3.8) is 0 Å². The molecule has 166 valence electrons. The van der Waals surface area contributed by atoms with Gasteiger partial charge in [-0.05, 0) is 41.1 Å². The molecule has 0 spiro atoms. The van der Waals surface area contributed by atoms with Crippen LogP contribution in [0.2, 0.25) is 5.02 Å². The van der Waals surface area contributed by atoms with Gasteiger partial charge in [-0.1, -0.05) is 42.8 Å². The second kappa shape index (κ2) is 9.49. The molecule has 0 atom stereocenters. The Kier molecular flexibility index (Phi) is 6.51. The van der Waals surface area contributed by atoms with Crippen molar-refractivity contribution in [1.29, 1.82) is 0 Å². The molecule has 1 aliphatic rings. The number of halogens is 1. The van der Waals surface area contributed by atoms with E-state index < -0.39 is 0 Å². The van der Waals surface area contributed by atoms with E-state index in [1.807, 2.05) is 60.4 Å². The van der Waals surface area contributed by atoms with Crippen LogP contribution in [-0.2, 0) is 4.79 Å². The van der Waals surface area contributed by atoms with E-state index in [4.69, 9.17) is 16.3 Å². The van der Waals surface area contributed by atoms with Gasteiger partial charge in [0.2, 0.25) is 5.91 Å². The van der Waals surface area contributed by atoms with Crippen molar-refractivity contribution in [3.8, 4) is 5.75 Å². The van der Waals surface area contributed by atoms with Crippen molar-refractivity contribution in [2.24, 2.45) is 0 Å². The number of nitrogens with zero attached hydrogens (tertiary/aromatic N) is 2. The molecule has 0 saturated carbocycles. The lowest BCUT2D eigenvalue weighted by molar-refractivity contribution is -0.131. The molecule has 0 aliphatic carbocycles. The van der Waals surface area contributed by atoms with Gasteiger partial charge in [0.25, 0.3) is 5.91 Å². The van der Waals surface area contributed by atoms with Gasteiger partial charge in [-0.15, -0.1) is 0 Å². The van der Waals surface area contributed by atoms with Crippen LogP contribution in [0.25, 0.3) is 10.8 Å². The zero-order chi connectivity index (χ0) is 22.7. The lowest BCUT2D eigenvalue weighted by Gasteiger charge is -2.37. The molecule has 7 heteroatoms. The number of rotatable bonds is 5. The number of nitrogens with one attached hydrogen (secondary N) is 1. The van der Waals surface area contributed by atoms with Gasteiger partial charge in [0.1, 0.15) is 5.75 Å². The summed E-state index contributed by atoms with van der Waals surface area (Å²) in [5.74, 6) is 0.407. The van der Waals surface area contributed by atoms with Gasteiger partial charge in [-0.3, -0.25) is 9.59 Å². The largest absolute Gasteiger partial charge is 0.496 e. The molecule has 0 aromatic heterocycles. The summed E-state index contributed by atoms with van der Waals surface area (Å²) in [7, 11) is 1.56. The molecule has 2 amide bonds. The average molecular weight is 452 g/mol. The van der Waals surface area contributed by atoms with Crippen molar-refractivity contribution in [3.05, 3.63) is 65.2 Å². The van der Waals surface area contributed by atoms with Crippen LogP contribution in [0.5, 0.6) is 5.75 Å². The minimum Gasteiger partial charge on any atom is -0.496 e. The molecule has 4 rings (SSSR count). The van der Waals surface area contributed by atoms with Crippen LogP contribution in [0.15, 0.2) is 54.6 Å². The number of carbonyl (C=O) groups excluding carboxylic acids is 2. The second-order valence-corrected chi connectivity index (χ2v) is 8.17. The quantitative estimate of drug-likeness (QED) is 0.604. The Bertz CT molecular complexity index is 1160. The van der Waals surface area contributed by atoms with Gasteiger partial charge in [-0.2, -0.15) is 0 Å². The SMILES string of the molecule is CCC(=O)N1CCN(c2ccc(Cl)cc2NC(=O)c2cc3ccccc3cc2OC)CC1. The Hall–Kier alpha value is -3.25. The summed E-state index contributed by atoms with van der Waals surface area (Å²) in [6.45, 7) is 4.57. The maximum Gasteiger partial charge on any atom is 0.259 e. The second-order valence-electron chi connectivity index (χ2n) is 7.74. The van der Waals surface area contributed by atoms with Crippen LogP contribution in [0.3, 0.4) is 0 Å². The van der Waals surface area contributed by atoms with Crippen molar-refractivity contribution in [1.82, 2.24) is 4.90 Å². The molecule has 0 radical (unpaired) electrons. The summed E-state index contributed by atoms with van der Waals surface area (Å²) in [4.78, 5) is 29.3. The molecular formula is C25H26ClN3O3. The first-order valence-electron chi connectivity index (χ1n) is 10.7. The van der Waals surface area contributed by atoms with Gasteiger partial charge in [-0.25, -0.2) is 0 Å². The zero-order valence-electron chi connectivity index (χ0n) is 18.2. The molecule has 0 unspecified atom stereocenters. The molecule has 6 nitrogen and oxygen atoms in total. The summed E-state index contributed by atoms with van der Waals surface area (Å²) in [5.41, 5.74) is 1.97. The van der Waals surface area contributed by atoms with Gasteiger partial charge >= 0.3 is 0 Å². The minimum atomic E-state index is -0.268. The minimum absolute atomic E-state index is 0.165. The van der Waals surface area contributed by atoms with Crippen LogP contribution in [0.1, 0.15) is 23.7 Å². The standard InChI is InChI=1S/C25H26ClN3O3/c1-3-24(30)29-12-10-28(11-13-29)22-9-8-19(26)16-21(22)27-25(31)20-14-17-6-4-5-7-18(17)15-23(20)32-2/h4-9,14-16H,3,10-13H2,1-2H3,(H,27,31). The van der Waals surface area contributed by atoms with Crippen LogP contribution < -0.4 is 15.0 Å². The Morgan fingerprint density at radius 3 is 2.34 bits per heavy atom. The third-order valence-corrected chi connectivity index (χ3v) is 6.03. The van der Waals surface area contributed by atoms with Gasteiger partial charge in [0.15, 0.2) is 0 Å². The van der Waals surface area contributed by atoms with Crippen molar-refractivity contribution < 1.29 is 14.3 Å². The lowest BCUT2D eigenvalue weighted by atomic mass is 10.0. The number of hydrogen-bond acceptors (Lipinski definition) is 4. The maximum atomic E-state index is 13.3. The highest BCUT2D eigenvalue weighted by Crippen LogP contribution is 2.32. The number of carbonyl (C=O) groups is 2. The fraction of sp³-hybridized carbons (Fsp3) is 0.280. The fourth-order valence-electron chi connectivity index (χ4n) is 4.06. The molecule has 1 saturated heterocycles. The van der Waals surface area contributed by atoms with E-state index in [2.05, 4.69) is 10.2 Å². The number of benzene rings is 3. The van der Waals surface area contributed by atoms with E-state index >= 15 is 0 Å². The number of ether oxygens (including phenoxy) is 1. The van der Waals surface area contributed by atoms with E-state index in [-0.39, 0.29) is 11.8 Å². The summed E-state index contributed by atoms with van der Waals surface area (Å²) < 4.78 is 5.49. The molecule has 1 heterocycles. The molecule has 1 N–H and O–H groups in total. The molecule has 32 heavy (non-hydrogen) atoms. The molecule has 0 bridgehead atoms. The Balaban J connectivity index is 1.60. The normalized spacial score (nSPS) is 13.8. The first-order chi connectivity index (χ1) is 15.5. The first kappa shape index (κ1) is 22.0. The Morgan fingerprint density at radius 2 is 1.69 bits per heavy atom. The van der Waals surface area contributed by atoms with E-state index in [9.17, 15) is 9.59 Å². The lowest BCUT2D eigenvalue weighted by Crippen LogP contribution is -2.48. The molecule has 3 aromatic rings. The predicted octanol–water partition coefficient (Wildman–Crippen LogP) is 4.81. The third-order valence-electron chi connectivity index (χ3n) is 5.79. The highest BCUT2D eigenvalue weighted by molar-refractivity contribution is 6.31. The number of fused-ring (bicyclic) bond motifs is 1. The molecule has 1 fully saturated rings. The summed E-state index contributed by atoms with van der Waals surface area (Å²) in [5, 5.41) is 5.52. The first-order valence-corrected chi connectivity index (χ1v) is 11.1. The number of anilines is 2. The average Bonchev–Trinajstić information content (AvgIpc) is 2.83. The molecular weight excluding hydrogens is 426 g/mol. The Labute approximate surface area is 192 Å². The predicted molar refractivity (Wildman–Crippen MR) is 129 cm³/mol. The number of amides is 2. The number of hydrogen-bond donors (Lipinski definition) is 1. The highest BCUT2D eigenvalue weighted by atomic mass is 35.5. The van der Waals surface area contributed by atoms with Crippen molar-refractivity contribution >= 4 is 45.6 Å². The van der Waals surface area contributed by atoms with Crippen LogP contribution >= 0.6 is 11.6 Å². The zero-order valence-corrected chi connectivity index (χ0v) is 19.0.